The van der Waals surface area contributed by atoms with Crippen molar-refractivity contribution in [3.8, 4) is 0 Å². The summed E-state index contributed by atoms with van der Waals surface area (Å²) >= 11 is 0. The first-order valence-corrected chi connectivity index (χ1v) is 8.48. The third-order valence-electron chi connectivity index (χ3n) is 4.23. The Balaban J connectivity index is -0.000000333. The number of aliphatic carboxylic acids is 2. The van der Waals surface area contributed by atoms with Crippen LogP contribution in [0.3, 0.4) is 0 Å². The van der Waals surface area contributed by atoms with Gasteiger partial charge in [0.1, 0.15) is 0 Å². The van der Waals surface area contributed by atoms with Crippen LogP contribution in [-0.2, 0) is 9.59 Å². The van der Waals surface area contributed by atoms with Gasteiger partial charge in [0.15, 0.2) is 5.41 Å². The molecule has 4 nitrogen and oxygen atoms in total. The fourth-order valence-corrected chi connectivity index (χ4v) is 2.70. The molecule has 0 bridgehead atoms. The number of hydrogen-bond acceptors (Lipinski definition) is 2. The van der Waals surface area contributed by atoms with Crippen molar-refractivity contribution in [1.29, 1.82) is 0 Å². The van der Waals surface area contributed by atoms with Gasteiger partial charge < -0.3 is 13.1 Å². The van der Waals surface area contributed by atoms with E-state index in [-0.39, 0.29) is 96.6 Å². The molecule has 0 aliphatic rings. The molecule has 23 heavy (non-hydrogen) atoms. The summed E-state index contributed by atoms with van der Waals surface area (Å²) in [6, 6.07) is 0. The summed E-state index contributed by atoms with van der Waals surface area (Å²) < 4.78 is 0. The van der Waals surface area contributed by atoms with Gasteiger partial charge in [-0.25, -0.2) is 0 Å². The molecule has 0 saturated carbocycles. The van der Waals surface area contributed by atoms with Crippen molar-refractivity contribution in [2.24, 2.45) is 5.41 Å². The zero-order valence-corrected chi connectivity index (χ0v) is 20.8. The molecule has 0 aromatic carbocycles. The van der Waals surface area contributed by atoms with Crippen molar-refractivity contribution in [1.82, 2.24) is 0 Å². The Hall–Kier alpha value is 1.58. The van der Waals surface area contributed by atoms with Gasteiger partial charge in [-0.1, -0.05) is 78.1 Å². The van der Waals surface area contributed by atoms with Crippen LogP contribution < -0.4 is 80.9 Å². The van der Waals surface area contributed by atoms with Crippen LogP contribution in [-0.4, -0.2) is 22.2 Å². The number of hydrogen-bond donors (Lipinski definition) is 2. The predicted molar refractivity (Wildman–Crippen MR) is 86.7 cm³/mol. The van der Waals surface area contributed by atoms with Gasteiger partial charge in [0.2, 0.25) is 0 Å². The Morgan fingerprint density at radius 3 is 1.30 bits per heavy atom. The summed E-state index contributed by atoms with van der Waals surface area (Å²) in [7, 11) is 0. The van der Waals surface area contributed by atoms with E-state index < -0.39 is 17.4 Å². The van der Waals surface area contributed by atoms with Gasteiger partial charge >= 0.3 is 92.9 Å². The average Bonchev–Trinajstić information content (AvgIpc) is 2.44. The predicted octanol–water partition coefficient (Wildman–Crippen LogP) is -0.904. The topological polar surface area (TPSA) is 74.6 Å². The molecule has 2 N–H and O–H groups in total. The van der Waals surface area contributed by atoms with Gasteiger partial charge in [-0.15, -0.1) is 0 Å². The van der Waals surface area contributed by atoms with E-state index in [1.165, 1.54) is 0 Å². The standard InChI is InChI=1S/C17H32O4.K.Na.2H/c1-3-5-7-9-11-13-17(15(18)19,16(20)21)14-12-10-8-6-4-2;;;;/h3-14H2,1-2H3,(H,18,19)(H,20,21);;;;/q;2*+1;2*-1. The third kappa shape index (κ3) is 12.5. The molecular formula is C17H34KNaO4. The molecule has 0 rings (SSSR count). The summed E-state index contributed by atoms with van der Waals surface area (Å²) in [4.78, 5) is 23.0. The van der Waals surface area contributed by atoms with Crippen molar-refractivity contribution in [2.75, 3.05) is 0 Å². The fourth-order valence-electron chi connectivity index (χ4n) is 2.70. The Kier molecular flexibility index (Phi) is 23.4. The minimum atomic E-state index is -1.57. The average molecular weight is 365 g/mol. The van der Waals surface area contributed by atoms with Crippen LogP contribution in [0.25, 0.3) is 0 Å². The van der Waals surface area contributed by atoms with Gasteiger partial charge in [-0.3, -0.25) is 9.59 Å². The fraction of sp³-hybridized carbons (Fsp3) is 0.882. The summed E-state index contributed by atoms with van der Waals surface area (Å²) in [5, 5.41) is 18.8. The van der Waals surface area contributed by atoms with Crippen LogP contribution in [0.1, 0.15) is 93.8 Å². The molecule has 0 radical (unpaired) electrons. The van der Waals surface area contributed by atoms with E-state index in [4.69, 9.17) is 0 Å². The van der Waals surface area contributed by atoms with E-state index >= 15 is 0 Å². The Morgan fingerprint density at radius 1 is 0.739 bits per heavy atom. The van der Waals surface area contributed by atoms with E-state index in [9.17, 15) is 19.8 Å². The van der Waals surface area contributed by atoms with E-state index in [0.29, 0.717) is 12.8 Å². The van der Waals surface area contributed by atoms with Gasteiger partial charge in [-0.05, 0) is 12.8 Å². The van der Waals surface area contributed by atoms with Gasteiger partial charge in [0, 0.05) is 0 Å². The van der Waals surface area contributed by atoms with Gasteiger partial charge in [-0.2, -0.15) is 0 Å². The molecule has 0 aromatic heterocycles. The van der Waals surface area contributed by atoms with Gasteiger partial charge in [0.25, 0.3) is 0 Å². The first kappa shape index (κ1) is 29.3. The number of rotatable bonds is 14. The van der Waals surface area contributed by atoms with Crippen molar-refractivity contribution in [3.05, 3.63) is 0 Å². The Bertz CT molecular complexity index is 291. The van der Waals surface area contributed by atoms with Crippen molar-refractivity contribution in [2.45, 2.75) is 90.9 Å². The number of carboxylic acids is 2. The summed E-state index contributed by atoms with van der Waals surface area (Å²) in [6.07, 6.45) is 10.4. The molecule has 0 unspecified atom stereocenters. The summed E-state index contributed by atoms with van der Waals surface area (Å²) in [6.45, 7) is 4.24. The van der Waals surface area contributed by atoms with Crippen molar-refractivity contribution in [3.63, 3.8) is 0 Å². The van der Waals surface area contributed by atoms with E-state index in [1.54, 1.807) is 0 Å². The molecule has 6 heteroatoms. The normalized spacial score (nSPS) is 10.5. The molecule has 0 spiro atoms. The number of unbranched alkanes of at least 4 members (excludes halogenated alkanes) is 8. The molecule has 0 fully saturated rings. The van der Waals surface area contributed by atoms with E-state index in [0.717, 1.165) is 51.4 Å². The second-order valence-corrected chi connectivity index (χ2v) is 6.02. The maximum atomic E-state index is 11.5. The molecule has 0 aromatic rings. The van der Waals surface area contributed by atoms with Crippen molar-refractivity contribution >= 4 is 11.9 Å². The third-order valence-corrected chi connectivity index (χ3v) is 4.23. The zero-order chi connectivity index (χ0) is 16.1. The maximum Gasteiger partial charge on any atom is 1.00 e. The molecule has 0 aliphatic heterocycles. The van der Waals surface area contributed by atoms with Crippen LogP contribution in [0.5, 0.6) is 0 Å². The van der Waals surface area contributed by atoms with E-state index in [2.05, 4.69) is 13.8 Å². The molecule has 0 atom stereocenters. The van der Waals surface area contributed by atoms with Crippen LogP contribution in [0.2, 0.25) is 0 Å². The second-order valence-electron chi connectivity index (χ2n) is 6.02. The monoisotopic (exact) mass is 364 g/mol. The van der Waals surface area contributed by atoms with Gasteiger partial charge in [0.05, 0.1) is 0 Å². The Labute approximate surface area is 209 Å². The molecule has 128 valence electrons. The SMILES string of the molecule is CCCCCCCC(CCCCCCC)(C(=O)O)C(=O)O.[H-].[H-].[K+].[Na+]. The first-order valence-electron chi connectivity index (χ1n) is 8.48. The molecule has 0 aliphatic carbocycles. The Morgan fingerprint density at radius 2 is 1.04 bits per heavy atom. The van der Waals surface area contributed by atoms with Crippen LogP contribution in [0.15, 0.2) is 0 Å². The van der Waals surface area contributed by atoms with E-state index in [1.807, 2.05) is 0 Å². The first-order chi connectivity index (χ1) is 10.0. The number of carbonyl (C=O) groups is 2. The molecular weight excluding hydrogens is 330 g/mol. The summed E-state index contributed by atoms with van der Waals surface area (Å²) in [5.74, 6) is -2.33. The minimum absolute atomic E-state index is 0. The summed E-state index contributed by atoms with van der Waals surface area (Å²) in [5.41, 5.74) is -1.57. The van der Waals surface area contributed by atoms with Crippen molar-refractivity contribution < 1.29 is 104 Å². The van der Waals surface area contributed by atoms with Crippen LogP contribution in [0.4, 0.5) is 0 Å². The quantitative estimate of drug-likeness (QED) is 0.238. The zero-order valence-electron chi connectivity index (χ0n) is 17.7. The smallest absolute Gasteiger partial charge is 1.00 e. The molecule has 0 amide bonds. The van der Waals surface area contributed by atoms with Crippen LogP contribution >= 0.6 is 0 Å². The largest absolute Gasteiger partial charge is 1.00 e. The minimum Gasteiger partial charge on any atom is -1.00 e. The van der Waals surface area contributed by atoms with Crippen LogP contribution in [0, 0.1) is 5.41 Å². The second kappa shape index (κ2) is 18.4. The maximum absolute atomic E-state index is 11.5. The number of carboxylic acid groups (broad SMARTS) is 2. The molecule has 0 saturated heterocycles. The molecule has 0 heterocycles.